The number of carbonyl (C=O) groups excluding carboxylic acids is 2. The summed E-state index contributed by atoms with van der Waals surface area (Å²) >= 11 is 0. The molecule has 4 rings (SSSR count). The molecule has 2 amide bonds. The van der Waals surface area contributed by atoms with Gasteiger partial charge >= 0.3 is 6.09 Å². The van der Waals surface area contributed by atoms with Crippen LogP contribution in [0.25, 0.3) is 0 Å². The fourth-order valence-electron chi connectivity index (χ4n) is 4.03. The zero-order chi connectivity index (χ0) is 21.5. The first-order valence-electron chi connectivity index (χ1n) is 10.7. The first-order valence-corrected chi connectivity index (χ1v) is 10.7. The minimum absolute atomic E-state index is 0.117. The van der Waals surface area contributed by atoms with E-state index in [2.05, 4.69) is 5.32 Å². The van der Waals surface area contributed by atoms with Crippen LogP contribution in [-0.2, 0) is 32.0 Å². The van der Waals surface area contributed by atoms with Crippen molar-refractivity contribution in [1.29, 1.82) is 0 Å². The van der Waals surface area contributed by atoms with E-state index in [1.54, 1.807) is 4.90 Å². The van der Waals surface area contributed by atoms with Gasteiger partial charge in [0.15, 0.2) is 5.79 Å². The molecule has 0 radical (unpaired) electrons. The Morgan fingerprint density at radius 1 is 0.935 bits per heavy atom. The van der Waals surface area contributed by atoms with Crippen molar-refractivity contribution in [1.82, 2.24) is 10.2 Å². The standard InChI is InChI=1S/C24H28N2O5/c27-22(26-13-11-24(12-14-26)30-15-16-31-24)21(17-19-7-3-1-4-8-19)25-23(28)29-18-20-9-5-2-6-10-20/h1-10,21H,11-18H2,(H,25,28). The molecule has 2 aromatic carbocycles. The summed E-state index contributed by atoms with van der Waals surface area (Å²) in [5.74, 6) is -0.665. The van der Waals surface area contributed by atoms with Crippen LogP contribution in [0.2, 0.25) is 0 Å². The van der Waals surface area contributed by atoms with Gasteiger partial charge in [-0.3, -0.25) is 4.79 Å². The molecule has 2 saturated heterocycles. The van der Waals surface area contributed by atoms with Gasteiger partial charge in [0.2, 0.25) is 5.91 Å². The second kappa shape index (κ2) is 9.94. The van der Waals surface area contributed by atoms with Gasteiger partial charge in [-0.25, -0.2) is 4.79 Å². The zero-order valence-electron chi connectivity index (χ0n) is 17.5. The number of amides is 2. The molecule has 2 aliphatic heterocycles. The summed E-state index contributed by atoms with van der Waals surface area (Å²) in [6, 6.07) is 18.4. The van der Waals surface area contributed by atoms with Crippen molar-refractivity contribution in [2.45, 2.75) is 37.7 Å². The summed E-state index contributed by atoms with van der Waals surface area (Å²) in [6.07, 6.45) is 1.06. The molecule has 2 fully saturated rings. The first-order chi connectivity index (χ1) is 15.1. The highest BCUT2D eigenvalue weighted by molar-refractivity contribution is 5.86. The second-order valence-corrected chi connectivity index (χ2v) is 7.88. The second-order valence-electron chi connectivity index (χ2n) is 7.88. The summed E-state index contributed by atoms with van der Waals surface area (Å²) in [5.41, 5.74) is 1.86. The number of piperidine rings is 1. The predicted octanol–water partition coefficient (Wildman–Crippen LogP) is 2.89. The molecule has 0 bridgehead atoms. The van der Waals surface area contributed by atoms with Crippen LogP contribution in [0.3, 0.4) is 0 Å². The van der Waals surface area contributed by atoms with Gasteiger partial charge in [0.1, 0.15) is 12.6 Å². The quantitative estimate of drug-likeness (QED) is 0.772. The molecular formula is C24H28N2O5. The molecule has 0 aromatic heterocycles. The summed E-state index contributed by atoms with van der Waals surface area (Å²) in [7, 11) is 0. The van der Waals surface area contributed by atoms with Crippen molar-refractivity contribution < 1.29 is 23.8 Å². The monoisotopic (exact) mass is 424 g/mol. The molecule has 7 heteroatoms. The van der Waals surface area contributed by atoms with E-state index in [-0.39, 0.29) is 12.5 Å². The maximum absolute atomic E-state index is 13.3. The van der Waals surface area contributed by atoms with E-state index < -0.39 is 17.9 Å². The maximum atomic E-state index is 13.3. The molecule has 1 N–H and O–H groups in total. The van der Waals surface area contributed by atoms with Crippen molar-refractivity contribution in [3.8, 4) is 0 Å². The van der Waals surface area contributed by atoms with E-state index in [9.17, 15) is 9.59 Å². The Hall–Kier alpha value is -2.90. The van der Waals surface area contributed by atoms with E-state index in [1.807, 2.05) is 60.7 Å². The van der Waals surface area contributed by atoms with Crippen LogP contribution in [0, 0.1) is 0 Å². The summed E-state index contributed by atoms with van der Waals surface area (Å²) < 4.78 is 16.9. The zero-order valence-corrected chi connectivity index (χ0v) is 17.5. The van der Waals surface area contributed by atoms with Gasteiger partial charge in [-0.1, -0.05) is 60.7 Å². The largest absolute Gasteiger partial charge is 0.445 e. The van der Waals surface area contributed by atoms with Crippen LogP contribution in [0.5, 0.6) is 0 Å². The Morgan fingerprint density at radius 2 is 1.52 bits per heavy atom. The normalized spacial score (nSPS) is 18.5. The molecule has 31 heavy (non-hydrogen) atoms. The summed E-state index contributed by atoms with van der Waals surface area (Å²) in [4.78, 5) is 27.5. The lowest BCUT2D eigenvalue weighted by atomic mass is 10.0. The number of carbonyl (C=O) groups is 2. The SMILES string of the molecule is O=C(NC(Cc1ccccc1)C(=O)N1CCC2(CC1)OCCO2)OCc1ccccc1. The number of benzene rings is 2. The average molecular weight is 424 g/mol. The molecule has 2 aliphatic rings. The lowest BCUT2D eigenvalue weighted by Crippen LogP contribution is -2.54. The molecular weight excluding hydrogens is 396 g/mol. The van der Waals surface area contributed by atoms with Crippen molar-refractivity contribution in [3.05, 3.63) is 71.8 Å². The highest BCUT2D eigenvalue weighted by Crippen LogP contribution is 2.31. The molecule has 7 nitrogen and oxygen atoms in total. The van der Waals surface area contributed by atoms with Gasteiger partial charge in [-0.2, -0.15) is 0 Å². The molecule has 2 heterocycles. The van der Waals surface area contributed by atoms with Crippen LogP contribution in [0.1, 0.15) is 24.0 Å². The van der Waals surface area contributed by atoms with Gasteiger partial charge in [0, 0.05) is 32.4 Å². The predicted molar refractivity (Wildman–Crippen MR) is 114 cm³/mol. The molecule has 1 unspecified atom stereocenters. The third-order valence-electron chi connectivity index (χ3n) is 5.74. The highest BCUT2D eigenvalue weighted by atomic mass is 16.7. The van der Waals surface area contributed by atoms with Gasteiger partial charge in [-0.15, -0.1) is 0 Å². The average Bonchev–Trinajstić information content (AvgIpc) is 3.26. The van der Waals surface area contributed by atoms with E-state index in [0.717, 1.165) is 11.1 Å². The van der Waals surface area contributed by atoms with Crippen LogP contribution in [0.15, 0.2) is 60.7 Å². The van der Waals surface area contributed by atoms with Gasteiger partial charge in [0.05, 0.1) is 13.2 Å². The fraction of sp³-hybridized carbons (Fsp3) is 0.417. The number of rotatable bonds is 6. The first kappa shape index (κ1) is 21.3. The Balaban J connectivity index is 1.38. The number of nitrogens with one attached hydrogen (secondary N) is 1. The van der Waals surface area contributed by atoms with Gasteiger partial charge in [-0.05, 0) is 11.1 Å². The van der Waals surface area contributed by atoms with E-state index in [1.165, 1.54) is 0 Å². The summed E-state index contributed by atoms with van der Waals surface area (Å²) in [6.45, 7) is 2.41. The minimum atomic E-state index is -0.704. The topological polar surface area (TPSA) is 77.1 Å². The van der Waals surface area contributed by atoms with Crippen molar-refractivity contribution >= 4 is 12.0 Å². The highest BCUT2D eigenvalue weighted by Gasteiger charge is 2.41. The van der Waals surface area contributed by atoms with Gasteiger partial charge in [0.25, 0.3) is 0 Å². The van der Waals surface area contributed by atoms with Crippen LogP contribution < -0.4 is 5.32 Å². The molecule has 0 saturated carbocycles. The van der Waals surface area contributed by atoms with Gasteiger partial charge < -0.3 is 24.4 Å². The molecule has 2 aromatic rings. The molecule has 1 atom stereocenters. The van der Waals surface area contributed by atoms with Crippen LogP contribution >= 0.6 is 0 Å². The van der Waals surface area contributed by atoms with Crippen molar-refractivity contribution in [2.24, 2.45) is 0 Å². The Kier molecular flexibility index (Phi) is 6.84. The summed E-state index contributed by atoms with van der Waals surface area (Å²) in [5, 5.41) is 2.78. The molecule has 164 valence electrons. The Bertz CT molecular complexity index is 858. The van der Waals surface area contributed by atoms with E-state index >= 15 is 0 Å². The fourth-order valence-corrected chi connectivity index (χ4v) is 4.03. The lowest BCUT2D eigenvalue weighted by Gasteiger charge is -2.38. The number of alkyl carbamates (subject to hydrolysis) is 1. The Morgan fingerprint density at radius 3 is 2.13 bits per heavy atom. The minimum Gasteiger partial charge on any atom is -0.445 e. The molecule has 1 spiro atoms. The number of nitrogens with zero attached hydrogens (tertiary/aromatic N) is 1. The third kappa shape index (κ3) is 5.62. The molecule has 0 aliphatic carbocycles. The number of hydrogen-bond donors (Lipinski definition) is 1. The number of ether oxygens (including phenoxy) is 3. The third-order valence-corrected chi connectivity index (χ3v) is 5.74. The van der Waals surface area contributed by atoms with E-state index in [0.29, 0.717) is 45.6 Å². The number of hydrogen-bond acceptors (Lipinski definition) is 5. The van der Waals surface area contributed by atoms with Crippen molar-refractivity contribution in [3.63, 3.8) is 0 Å². The lowest BCUT2D eigenvalue weighted by molar-refractivity contribution is -0.187. The van der Waals surface area contributed by atoms with E-state index in [4.69, 9.17) is 14.2 Å². The number of likely N-dealkylation sites (tertiary alicyclic amines) is 1. The smallest absolute Gasteiger partial charge is 0.408 e. The van der Waals surface area contributed by atoms with Crippen LogP contribution in [-0.4, -0.2) is 55.0 Å². The maximum Gasteiger partial charge on any atom is 0.408 e. The van der Waals surface area contributed by atoms with Crippen molar-refractivity contribution in [2.75, 3.05) is 26.3 Å². The Labute approximate surface area is 182 Å². The van der Waals surface area contributed by atoms with Crippen LogP contribution in [0.4, 0.5) is 4.79 Å².